The van der Waals surface area contributed by atoms with Crippen molar-refractivity contribution in [2.45, 2.75) is 88.7 Å². The Kier molecular flexibility index (Phi) is 10.0. The number of ether oxygens (including phenoxy) is 2. The van der Waals surface area contributed by atoms with E-state index in [2.05, 4.69) is 10.2 Å². The Balaban J connectivity index is 1.30. The lowest BCUT2D eigenvalue weighted by Gasteiger charge is -2.62. The summed E-state index contributed by atoms with van der Waals surface area (Å²) in [4.78, 5) is 63.7. The van der Waals surface area contributed by atoms with E-state index in [0.29, 0.717) is 37.7 Å². The Morgan fingerprint density at radius 1 is 1.09 bits per heavy atom. The Morgan fingerprint density at radius 2 is 1.78 bits per heavy atom. The molecule has 4 N–H and O–H groups in total. The molecule has 0 aromatic carbocycles. The number of allylic oxidation sites excluding steroid dienone is 4. The second-order valence-corrected chi connectivity index (χ2v) is 12.8. The third-order valence-electron chi connectivity index (χ3n) is 10.5. The number of alkyl carbamates (subject to hydrolysis) is 1. The number of carbonyl (C=O) groups excluding carboxylic acids is 4. The van der Waals surface area contributed by atoms with Gasteiger partial charge >= 0.3 is 12.1 Å². The number of rotatable bonds is 13. The zero-order valence-electron chi connectivity index (χ0n) is 25.4. The molecule has 1 amide bonds. The molecule has 0 aliphatic heterocycles. The van der Waals surface area contributed by atoms with E-state index in [1.165, 1.54) is 25.2 Å². The molecule has 0 spiro atoms. The smallest absolute Gasteiger partial charge is 0.408 e. The number of hydrogen-bond donors (Lipinski definition) is 4. The maximum atomic E-state index is 17.2. The molecule has 0 bridgehead atoms. The summed E-state index contributed by atoms with van der Waals surface area (Å²) in [7, 11) is 0. The monoisotopic (exact) mass is 640 g/mol. The van der Waals surface area contributed by atoms with E-state index in [1.54, 1.807) is 6.92 Å². The molecule has 15 heteroatoms. The number of amides is 1. The lowest BCUT2D eigenvalue weighted by molar-refractivity contribution is -0.757. The van der Waals surface area contributed by atoms with Crippen molar-refractivity contribution in [3.63, 3.8) is 0 Å². The second kappa shape index (κ2) is 13.1. The Hall–Kier alpha value is -3.43. The highest BCUT2D eigenvalue weighted by molar-refractivity contribution is 6.01. The van der Waals surface area contributed by atoms with Gasteiger partial charge in [0.2, 0.25) is 5.78 Å². The molecule has 250 valence electrons. The van der Waals surface area contributed by atoms with Crippen molar-refractivity contribution in [3.05, 3.63) is 33.9 Å². The maximum absolute atomic E-state index is 17.2. The van der Waals surface area contributed by atoms with Crippen molar-refractivity contribution >= 4 is 23.6 Å². The van der Waals surface area contributed by atoms with E-state index < -0.39 is 82.2 Å². The minimum absolute atomic E-state index is 0.0156. The van der Waals surface area contributed by atoms with E-state index in [9.17, 15) is 44.6 Å². The Morgan fingerprint density at radius 3 is 2.47 bits per heavy atom. The van der Waals surface area contributed by atoms with Gasteiger partial charge in [0.1, 0.15) is 6.54 Å². The Labute approximate surface area is 259 Å². The molecule has 14 nitrogen and oxygen atoms in total. The first-order valence-electron chi connectivity index (χ1n) is 15.2. The number of halogens is 1. The minimum Gasteiger partial charge on any atom is -0.464 e. The standard InChI is InChI=1S/C30H41FN2O12/c1-27-10-9-19(34)13-18(27)7-8-20-21-14-22(35)30(40,28(21,2)15-23(36)29(20,27)31)24(37)17-44-26(39)32-16-25(38)43-11-5-3-4-6-12-45-33(41)42/h9-10,13,20-23,35-36,40H,3-8,11-12,14-17H2,1-2H3,(H,32,39)/t20-,21-,22+,23-,27-,28-,29-,30-/m0/s1. The van der Waals surface area contributed by atoms with Crippen LogP contribution in [0.2, 0.25) is 0 Å². The van der Waals surface area contributed by atoms with Crippen molar-refractivity contribution in [2.75, 3.05) is 26.4 Å². The number of carbonyl (C=O) groups is 4. The fourth-order valence-corrected chi connectivity index (χ4v) is 8.10. The van der Waals surface area contributed by atoms with Gasteiger partial charge in [-0.2, -0.15) is 0 Å². The third-order valence-corrected chi connectivity index (χ3v) is 10.5. The van der Waals surface area contributed by atoms with Crippen molar-refractivity contribution in [1.82, 2.24) is 5.32 Å². The predicted octanol–water partition coefficient (Wildman–Crippen LogP) is 1.67. The zero-order valence-corrected chi connectivity index (χ0v) is 25.4. The summed E-state index contributed by atoms with van der Waals surface area (Å²) in [6, 6.07) is 0. The quantitative estimate of drug-likeness (QED) is 0.0980. The van der Waals surface area contributed by atoms with Gasteiger partial charge in [0.15, 0.2) is 23.7 Å². The highest BCUT2D eigenvalue weighted by Crippen LogP contribution is 2.69. The van der Waals surface area contributed by atoms with Crippen LogP contribution in [-0.4, -0.2) is 93.9 Å². The molecule has 0 saturated heterocycles. The van der Waals surface area contributed by atoms with Gasteiger partial charge in [0, 0.05) is 16.7 Å². The molecular formula is C30H41FN2O12. The van der Waals surface area contributed by atoms with Crippen LogP contribution in [0.5, 0.6) is 0 Å². The molecule has 3 saturated carbocycles. The minimum atomic E-state index is -2.45. The average molecular weight is 641 g/mol. The van der Waals surface area contributed by atoms with Crippen molar-refractivity contribution in [3.8, 4) is 0 Å². The van der Waals surface area contributed by atoms with Crippen molar-refractivity contribution in [2.24, 2.45) is 22.7 Å². The molecule has 0 aromatic rings. The molecule has 3 fully saturated rings. The van der Waals surface area contributed by atoms with Crippen molar-refractivity contribution < 1.29 is 58.3 Å². The van der Waals surface area contributed by atoms with Crippen LogP contribution in [0.25, 0.3) is 0 Å². The van der Waals surface area contributed by atoms with Crippen molar-refractivity contribution in [1.29, 1.82) is 0 Å². The first-order valence-corrected chi connectivity index (χ1v) is 15.2. The summed E-state index contributed by atoms with van der Waals surface area (Å²) in [6.45, 7) is 1.70. The third kappa shape index (κ3) is 6.09. The van der Waals surface area contributed by atoms with Crippen LogP contribution >= 0.6 is 0 Å². The number of ketones is 2. The van der Waals surface area contributed by atoms with Crippen LogP contribution in [0.4, 0.5) is 9.18 Å². The summed E-state index contributed by atoms with van der Waals surface area (Å²) in [5, 5.41) is 45.5. The normalized spacial score (nSPS) is 36.6. The number of aliphatic hydroxyl groups is 3. The predicted molar refractivity (Wildman–Crippen MR) is 151 cm³/mol. The van der Waals surface area contributed by atoms with Crippen LogP contribution in [0, 0.1) is 32.8 Å². The number of hydrogen-bond acceptors (Lipinski definition) is 12. The van der Waals surface area contributed by atoms with Crippen LogP contribution < -0.4 is 5.32 Å². The largest absolute Gasteiger partial charge is 0.464 e. The van der Waals surface area contributed by atoms with Gasteiger partial charge < -0.3 is 34.9 Å². The van der Waals surface area contributed by atoms with Crippen LogP contribution in [-0.2, 0) is 28.7 Å². The van der Waals surface area contributed by atoms with Crippen LogP contribution in [0.3, 0.4) is 0 Å². The molecule has 4 aliphatic carbocycles. The van der Waals surface area contributed by atoms with Crippen LogP contribution in [0.15, 0.2) is 23.8 Å². The topological polar surface area (TPSA) is 212 Å². The van der Waals surface area contributed by atoms with Gasteiger partial charge in [-0.15, -0.1) is 10.1 Å². The Bertz CT molecular complexity index is 1270. The number of unbranched alkanes of at least 4 members (excludes halogenated alkanes) is 3. The SMILES string of the molecule is C[C@]12C=CC(=O)C=C1CC[C@H]1[C@@H]3C[C@@H](O)[C@](O)(C(=O)COC(=O)NCC(=O)OCCCCCCO[N+](=O)[O-])[C@@]3(C)C[C@H](O)[C@@]12F. The molecule has 45 heavy (non-hydrogen) atoms. The number of Topliss-reactive ketones (excluding diaryl/α,β-unsaturated/α-hetero) is 1. The average Bonchev–Trinajstić information content (AvgIpc) is 3.18. The van der Waals surface area contributed by atoms with Gasteiger partial charge in [-0.25, -0.2) is 9.18 Å². The van der Waals surface area contributed by atoms with Gasteiger partial charge in [-0.3, -0.25) is 14.4 Å². The number of fused-ring (bicyclic) bond motifs is 5. The first-order chi connectivity index (χ1) is 21.1. The van der Waals surface area contributed by atoms with Gasteiger partial charge in [0.25, 0.3) is 5.09 Å². The fraction of sp³-hybridized carbons (Fsp3) is 0.733. The first kappa shape index (κ1) is 34.4. The summed E-state index contributed by atoms with van der Waals surface area (Å²) < 4.78 is 27.1. The molecule has 0 unspecified atom stereocenters. The summed E-state index contributed by atoms with van der Waals surface area (Å²) in [5.41, 5.74) is -6.84. The van der Waals surface area contributed by atoms with Gasteiger partial charge in [-0.1, -0.05) is 25.0 Å². The summed E-state index contributed by atoms with van der Waals surface area (Å²) in [5.74, 6) is -3.61. The summed E-state index contributed by atoms with van der Waals surface area (Å²) >= 11 is 0. The second-order valence-electron chi connectivity index (χ2n) is 12.8. The molecule has 4 aliphatic rings. The van der Waals surface area contributed by atoms with E-state index in [4.69, 9.17) is 9.47 Å². The number of aliphatic hydroxyl groups excluding tert-OH is 2. The van der Waals surface area contributed by atoms with E-state index in [0.717, 1.165) is 0 Å². The lowest BCUT2D eigenvalue weighted by atomic mass is 9.44. The number of esters is 1. The molecule has 0 heterocycles. The molecule has 0 radical (unpaired) electrons. The molecular weight excluding hydrogens is 599 g/mol. The number of nitrogens with zero attached hydrogens (tertiary/aromatic N) is 1. The molecule has 8 atom stereocenters. The van der Waals surface area contributed by atoms with E-state index in [-0.39, 0.29) is 38.3 Å². The lowest BCUT2D eigenvalue weighted by Crippen LogP contribution is -2.69. The van der Waals surface area contributed by atoms with E-state index >= 15 is 4.39 Å². The highest BCUT2D eigenvalue weighted by Gasteiger charge is 2.76. The molecule has 0 aromatic heterocycles. The number of nitrogens with one attached hydrogen (secondary N) is 1. The van der Waals surface area contributed by atoms with Gasteiger partial charge in [-0.05, 0) is 69.9 Å². The van der Waals surface area contributed by atoms with Crippen LogP contribution in [0.1, 0.15) is 65.2 Å². The number of alkyl halides is 1. The van der Waals surface area contributed by atoms with E-state index in [1.807, 2.05) is 0 Å². The highest BCUT2D eigenvalue weighted by atomic mass is 19.1. The fourth-order valence-electron chi connectivity index (χ4n) is 8.10. The zero-order chi connectivity index (χ0) is 33.2. The summed E-state index contributed by atoms with van der Waals surface area (Å²) in [6.07, 6.45) is 2.12. The maximum Gasteiger partial charge on any atom is 0.408 e. The van der Waals surface area contributed by atoms with Gasteiger partial charge in [0.05, 0.1) is 25.4 Å². The molecule has 4 rings (SSSR count).